The molecule has 0 saturated carbocycles. The Balaban J connectivity index is 0.919. The summed E-state index contributed by atoms with van der Waals surface area (Å²) in [5.74, 6) is 3.17. The summed E-state index contributed by atoms with van der Waals surface area (Å²) in [6, 6.07) is 100. The predicted molar refractivity (Wildman–Crippen MR) is 342 cm³/mol. The molecule has 0 unspecified atom stereocenters. The Morgan fingerprint density at radius 1 is 0.207 bits per heavy atom. The van der Waals surface area contributed by atoms with Crippen molar-refractivity contribution in [2.45, 2.75) is 6.42 Å². The van der Waals surface area contributed by atoms with Crippen molar-refractivity contribution in [3.05, 3.63) is 284 Å². The first-order chi connectivity index (χ1) is 40.7. The topological polar surface area (TPSA) is 21.7 Å². The van der Waals surface area contributed by atoms with E-state index in [1.54, 1.807) is 0 Å². The maximum absolute atomic E-state index is 7.52. The molecule has 3 aliphatic heterocycles. The van der Waals surface area contributed by atoms with Gasteiger partial charge in [-0.15, -0.1) is 0 Å². The quantitative estimate of drug-likeness (QED) is 0.155. The lowest BCUT2D eigenvalue weighted by Gasteiger charge is -2.43. The average Bonchev–Trinajstić information content (AvgIpc) is 2.15. The molecule has 82 heavy (non-hydrogen) atoms. The van der Waals surface area contributed by atoms with Gasteiger partial charge in [0.1, 0.15) is 5.69 Å². The van der Waals surface area contributed by atoms with Crippen molar-refractivity contribution in [2.75, 3.05) is 4.90 Å². The molecule has 0 aliphatic carbocycles. The monoisotopic (exact) mass is 1040 g/mol. The van der Waals surface area contributed by atoms with Crippen LogP contribution in [0.1, 0.15) is 11.1 Å². The van der Waals surface area contributed by atoms with Crippen LogP contribution in [0, 0.1) is 0 Å². The number of hydrogen-bond donors (Lipinski definition) is 0. The fraction of sp³-hybridized carbons (Fsp3) is 0.0127. The molecular weight excluding hydrogens is 995 g/mol. The molecule has 3 nitrogen and oxygen atoms in total. The molecule has 15 aromatic rings. The second-order valence-corrected chi connectivity index (χ2v) is 22.1. The van der Waals surface area contributed by atoms with Gasteiger partial charge in [-0.2, -0.15) is 0 Å². The summed E-state index contributed by atoms with van der Waals surface area (Å²) in [7, 11) is 0. The van der Waals surface area contributed by atoms with E-state index in [-0.39, 0.29) is 0 Å². The van der Waals surface area contributed by atoms with E-state index in [1.807, 2.05) is 0 Å². The number of nitrogens with zero attached hydrogens (tertiary/aromatic N) is 1. The van der Waals surface area contributed by atoms with Crippen LogP contribution in [-0.4, -0.2) is 0 Å². The van der Waals surface area contributed by atoms with Gasteiger partial charge < -0.3 is 9.47 Å². The SMILES string of the molecule is c1ccc(-c2c3ccccc3c(-c3cc4c5c(c3)Oc3cc(-c6c7ccccc7c(-c7ccccc7)c7ccccc67)cc6c3N5c3c(cc(-c5c7ccccc7c(-c7ccccc7)c7ccccc57)cc3O6)C4)c3ccccc23)cc1. The lowest BCUT2D eigenvalue weighted by atomic mass is 9.82. The third kappa shape index (κ3) is 6.47. The van der Waals surface area contributed by atoms with Gasteiger partial charge in [0, 0.05) is 6.42 Å². The number of ether oxygens (including phenoxy) is 2. The lowest BCUT2D eigenvalue weighted by molar-refractivity contribution is 0.444. The molecule has 3 aliphatic rings. The summed E-state index contributed by atoms with van der Waals surface area (Å²) in [5.41, 5.74) is 19.6. The summed E-state index contributed by atoms with van der Waals surface area (Å²) < 4.78 is 15.0. The van der Waals surface area contributed by atoms with Gasteiger partial charge in [0.05, 0.1) is 11.4 Å². The Kier molecular flexibility index (Phi) is 9.57. The van der Waals surface area contributed by atoms with Gasteiger partial charge in [-0.3, -0.25) is 4.90 Å². The Hall–Kier alpha value is -10.7. The first-order valence-electron chi connectivity index (χ1n) is 28.4. The Morgan fingerprint density at radius 2 is 0.415 bits per heavy atom. The molecule has 3 heteroatoms. The van der Waals surface area contributed by atoms with Crippen molar-refractivity contribution in [1.82, 2.24) is 0 Å². The number of anilines is 3. The lowest BCUT2D eigenvalue weighted by Crippen LogP contribution is -2.26. The van der Waals surface area contributed by atoms with Crippen LogP contribution >= 0.6 is 0 Å². The summed E-state index contributed by atoms with van der Waals surface area (Å²) in [6.45, 7) is 0. The summed E-state index contributed by atoms with van der Waals surface area (Å²) in [5, 5.41) is 14.4. The van der Waals surface area contributed by atoms with Gasteiger partial charge in [-0.25, -0.2) is 0 Å². The van der Waals surface area contributed by atoms with Crippen LogP contribution in [0.15, 0.2) is 273 Å². The second-order valence-electron chi connectivity index (χ2n) is 22.1. The Labute approximate surface area is 473 Å². The maximum Gasteiger partial charge on any atom is 0.156 e. The number of rotatable bonds is 6. The van der Waals surface area contributed by atoms with Crippen LogP contribution in [0.2, 0.25) is 0 Å². The molecule has 0 atom stereocenters. The highest BCUT2D eigenvalue weighted by molar-refractivity contribution is 6.25. The zero-order valence-corrected chi connectivity index (χ0v) is 44.5. The standard InChI is InChI=1S/C79H47NO2/c1-4-22-47(23-5-1)71-55-28-10-16-34-61(55)74(62-35-17-11-29-56(62)71)50-40-53-42-54-41-51(75-63-36-18-12-30-57(63)72(48-24-6-2-7-25-48)58-31-13-19-37-64(58)75)44-68-78(54)80-77(53)67(43-50)81-69-45-52(46-70(82-68)79(69)80)76-65-38-20-14-32-59(65)73(49-26-8-3-9-27-49)60-33-15-21-39-66(60)76/h1-41,43-46H,42H2. The number of benzene rings is 15. The van der Waals surface area contributed by atoms with Crippen molar-refractivity contribution in [3.8, 4) is 89.8 Å². The number of fused-ring (bicyclic) bond motifs is 6. The molecular formula is C79H47NO2. The molecule has 18 rings (SSSR count). The molecule has 0 N–H and O–H groups in total. The van der Waals surface area contributed by atoms with Crippen LogP contribution in [0.5, 0.6) is 23.0 Å². The third-order valence-corrected chi connectivity index (χ3v) is 17.7. The summed E-state index contributed by atoms with van der Waals surface area (Å²) in [6.07, 6.45) is 0.681. The van der Waals surface area contributed by atoms with E-state index < -0.39 is 0 Å². The van der Waals surface area contributed by atoms with Gasteiger partial charge in [0.2, 0.25) is 0 Å². The highest BCUT2D eigenvalue weighted by atomic mass is 16.5. The smallest absolute Gasteiger partial charge is 0.156 e. The van der Waals surface area contributed by atoms with Crippen LogP contribution in [-0.2, 0) is 6.42 Å². The van der Waals surface area contributed by atoms with Crippen molar-refractivity contribution >= 4 is 81.7 Å². The molecule has 0 amide bonds. The molecule has 3 heterocycles. The minimum atomic E-state index is 0.681. The van der Waals surface area contributed by atoms with E-state index in [1.165, 1.54) is 120 Å². The molecule has 15 aromatic carbocycles. The average molecular weight is 1040 g/mol. The molecule has 0 bridgehead atoms. The largest absolute Gasteiger partial charge is 0.453 e. The van der Waals surface area contributed by atoms with Gasteiger partial charge in [-0.05, 0) is 179 Å². The molecule has 0 aromatic heterocycles. The molecule has 0 radical (unpaired) electrons. The molecule has 380 valence electrons. The molecule has 0 fully saturated rings. The van der Waals surface area contributed by atoms with Crippen LogP contribution < -0.4 is 14.4 Å². The fourth-order valence-electron chi connectivity index (χ4n) is 14.5. The van der Waals surface area contributed by atoms with Crippen molar-refractivity contribution in [1.29, 1.82) is 0 Å². The van der Waals surface area contributed by atoms with E-state index in [0.29, 0.717) is 6.42 Å². The van der Waals surface area contributed by atoms with Crippen molar-refractivity contribution < 1.29 is 9.47 Å². The second kappa shape index (κ2) is 17.4. The maximum atomic E-state index is 7.52. The minimum absolute atomic E-state index is 0.681. The first kappa shape index (κ1) is 45.2. The van der Waals surface area contributed by atoms with Crippen LogP contribution in [0.25, 0.3) is 131 Å². The van der Waals surface area contributed by atoms with E-state index in [9.17, 15) is 0 Å². The van der Waals surface area contributed by atoms with Gasteiger partial charge in [0.15, 0.2) is 23.0 Å². The highest BCUT2D eigenvalue weighted by Gasteiger charge is 2.42. The predicted octanol–water partition coefficient (Wildman–Crippen LogP) is 22.2. The zero-order valence-electron chi connectivity index (χ0n) is 44.5. The van der Waals surface area contributed by atoms with Gasteiger partial charge >= 0.3 is 0 Å². The summed E-state index contributed by atoms with van der Waals surface area (Å²) >= 11 is 0. The van der Waals surface area contributed by atoms with Crippen LogP contribution in [0.3, 0.4) is 0 Å². The van der Waals surface area contributed by atoms with E-state index in [4.69, 9.17) is 9.47 Å². The van der Waals surface area contributed by atoms with Gasteiger partial charge in [0.25, 0.3) is 0 Å². The van der Waals surface area contributed by atoms with E-state index in [0.717, 1.165) is 62.3 Å². The Bertz CT molecular complexity index is 4480. The first-order valence-corrected chi connectivity index (χ1v) is 28.4. The van der Waals surface area contributed by atoms with Crippen molar-refractivity contribution in [3.63, 3.8) is 0 Å². The number of hydrogen-bond acceptors (Lipinski definition) is 3. The molecule has 0 spiro atoms. The fourth-order valence-corrected chi connectivity index (χ4v) is 14.5. The zero-order chi connectivity index (χ0) is 53.6. The third-order valence-electron chi connectivity index (χ3n) is 17.7. The molecule has 0 saturated heterocycles. The highest BCUT2D eigenvalue weighted by Crippen LogP contribution is 2.66. The summed E-state index contributed by atoms with van der Waals surface area (Å²) in [4.78, 5) is 2.48. The van der Waals surface area contributed by atoms with Crippen LogP contribution in [0.4, 0.5) is 17.1 Å². The minimum Gasteiger partial charge on any atom is -0.453 e. The van der Waals surface area contributed by atoms with E-state index >= 15 is 0 Å². The van der Waals surface area contributed by atoms with Crippen molar-refractivity contribution in [2.24, 2.45) is 0 Å². The Morgan fingerprint density at radius 3 is 0.671 bits per heavy atom. The van der Waals surface area contributed by atoms with E-state index in [2.05, 4.69) is 278 Å². The van der Waals surface area contributed by atoms with Gasteiger partial charge in [-0.1, -0.05) is 237 Å². The normalized spacial score (nSPS) is 12.8.